The number of rotatable bonds is 2. The van der Waals surface area contributed by atoms with Gasteiger partial charge in [0.2, 0.25) is 0 Å². The molecule has 4 heteroatoms. The average Bonchev–Trinajstić information content (AvgIpc) is 3.20. The van der Waals surface area contributed by atoms with Gasteiger partial charge in [0, 0.05) is 0 Å². The molecule has 0 radical (unpaired) electrons. The van der Waals surface area contributed by atoms with Gasteiger partial charge in [0.15, 0.2) is 0 Å². The molecule has 0 aliphatic heterocycles. The molecular formula is C25H24Cl2SiZr. The molecular weight excluding hydrogens is 490 g/mol. The van der Waals surface area contributed by atoms with Gasteiger partial charge in [-0.2, -0.15) is 0 Å². The quantitative estimate of drug-likeness (QED) is 0.329. The standard InChI is InChI=1S/C13H9.C10H9.C2H6Si.2ClH.Zr/c1-3-7-12-10(5-1)9-11-6-2-4-8-13(11)12;1-8-6-9-4-2-3-5-10(9)7-8;1-3-2;;;/h1-5,7-8H,9H2;2-7H,1H3;1-2H3;2*1H;/q;;;;;+2/p-2. The summed E-state index contributed by atoms with van der Waals surface area (Å²) < 4.78 is 2.52. The zero-order valence-corrected chi connectivity index (χ0v) is 21.9. The molecule has 146 valence electrons. The van der Waals surface area contributed by atoms with E-state index in [9.17, 15) is 0 Å². The van der Waals surface area contributed by atoms with Gasteiger partial charge in [0.25, 0.3) is 0 Å². The van der Waals surface area contributed by atoms with E-state index in [1.165, 1.54) is 22.3 Å². The van der Waals surface area contributed by atoms with E-state index in [4.69, 9.17) is 0 Å². The first-order chi connectivity index (χ1) is 13.1. The first-order valence-corrected chi connectivity index (χ1v) is 18.6. The van der Waals surface area contributed by atoms with Crippen molar-refractivity contribution in [3.63, 3.8) is 0 Å². The first-order valence-electron chi connectivity index (χ1n) is 9.80. The molecule has 0 spiro atoms. The summed E-state index contributed by atoms with van der Waals surface area (Å²) in [6.45, 7) is 7.54. The summed E-state index contributed by atoms with van der Waals surface area (Å²) in [5.74, 6) is 0. The molecule has 0 heterocycles. The van der Waals surface area contributed by atoms with Crippen LogP contribution in [0.25, 0.3) is 17.2 Å². The average molecular weight is 515 g/mol. The van der Waals surface area contributed by atoms with Crippen molar-refractivity contribution in [3.05, 3.63) is 94.6 Å². The van der Waals surface area contributed by atoms with Crippen molar-refractivity contribution >= 4 is 14.8 Å². The number of hydrogen-bond acceptors (Lipinski definition) is 0. The fourth-order valence-electron chi connectivity index (χ4n) is 4.99. The summed E-state index contributed by atoms with van der Waals surface area (Å²) in [4.78, 5) is 0. The molecule has 0 bridgehead atoms. The molecule has 5 rings (SSSR count). The van der Waals surface area contributed by atoms with Crippen molar-refractivity contribution < 1.29 is 45.2 Å². The Balaban J connectivity index is 0.00000120. The van der Waals surface area contributed by atoms with E-state index in [1.807, 2.05) is 0 Å². The van der Waals surface area contributed by atoms with E-state index in [1.54, 1.807) is 20.0 Å². The SMILES string of the molecule is CC1=Cc2ccccc2[CH]1[Zr+2]([c]1cccc2c1Cc1ccccc1-2)=[Si](C)C.[Cl-].[Cl-]. The van der Waals surface area contributed by atoms with Crippen LogP contribution in [0, 0.1) is 0 Å². The van der Waals surface area contributed by atoms with Gasteiger partial charge in [-0.25, -0.2) is 0 Å². The van der Waals surface area contributed by atoms with E-state index < -0.39 is 20.4 Å². The van der Waals surface area contributed by atoms with Crippen LogP contribution in [0.2, 0.25) is 13.1 Å². The fourth-order valence-corrected chi connectivity index (χ4v) is 23.5. The number of fused-ring (bicyclic) bond motifs is 4. The summed E-state index contributed by atoms with van der Waals surface area (Å²) in [6, 6.07) is 25.3. The van der Waals surface area contributed by atoms with Crippen molar-refractivity contribution in [1.82, 2.24) is 0 Å². The van der Waals surface area contributed by atoms with Crippen LogP contribution in [0.1, 0.15) is 32.8 Å². The molecule has 0 nitrogen and oxygen atoms in total. The van der Waals surface area contributed by atoms with Crippen LogP contribution in [0.3, 0.4) is 0 Å². The molecule has 0 amide bonds. The van der Waals surface area contributed by atoms with E-state index in [-0.39, 0.29) is 30.2 Å². The van der Waals surface area contributed by atoms with Crippen LogP contribution >= 0.6 is 0 Å². The van der Waals surface area contributed by atoms with E-state index in [0.717, 1.165) is 10.0 Å². The number of benzene rings is 3. The fraction of sp³-hybridized carbons (Fsp3) is 0.200. The summed E-state index contributed by atoms with van der Waals surface area (Å²) >= 11 is -1.89. The van der Waals surface area contributed by atoms with Crippen LogP contribution < -0.4 is 28.1 Å². The predicted molar refractivity (Wildman–Crippen MR) is 115 cm³/mol. The van der Waals surface area contributed by atoms with Gasteiger partial charge in [-0.15, -0.1) is 0 Å². The normalized spacial score (nSPS) is 15.0. The first kappa shape index (κ1) is 22.8. The van der Waals surface area contributed by atoms with Gasteiger partial charge in [-0.05, 0) is 0 Å². The second kappa shape index (κ2) is 9.06. The Morgan fingerprint density at radius 2 is 1.52 bits per heavy atom. The minimum absolute atomic E-state index is 0. The molecule has 0 fully saturated rings. The Morgan fingerprint density at radius 1 is 0.828 bits per heavy atom. The molecule has 29 heavy (non-hydrogen) atoms. The maximum atomic E-state index is 2.58. The largest absolute Gasteiger partial charge is 1.00 e. The third-order valence-electron chi connectivity index (χ3n) is 6.11. The molecule has 1 atom stereocenters. The van der Waals surface area contributed by atoms with Crippen LogP contribution in [0.15, 0.2) is 72.3 Å². The van der Waals surface area contributed by atoms with Crippen molar-refractivity contribution in [1.29, 1.82) is 0 Å². The second-order valence-corrected chi connectivity index (χ2v) is 25.4. The smallest absolute Gasteiger partial charge is 1.00 e. The maximum Gasteiger partial charge on any atom is -1.00 e. The Morgan fingerprint density at radius 3 is 2.31 bits per heavy atom. The summed E-state index contributed by atoms with van der Waals surface area (Å²) in [7, 11) is 0. The summed E-state index contributed by atoms with van der Waals surface area (Å²) in [5.41, 5.74) is 10.5. The van der Waals surface area contributed by atoms with Crippen molar-refractivity contribution in [2.24, 2.45) is 0 Å². The maximum absolute atomic E-state index is 2.58. The minimum Gasteiger partial charge on any atom is -1.00 e. The number of hydrogen-bond donors (Lipinski definition) is 0. The van der Waals surface area contributed by atoms with Gasteiger partial charge >= 0.3 is 171 Å². The summed E-state index contributed by atoms with van der Waals surface area (Å²) in [5, 5.41) is 0. The number of halogens is 2. The van der Waals surface area contributed by atoms with Crippen molar-refractivity contribution in [2.45, 2.75) is 30.1 Å². The molecule has 1 unspecified atom stereocenters. The zero-order valence-electron chi connectivity index (χ0n) is 17.0. The molecule has 3 aromatic carbocycles. The van der Waals surface area contributed by atoms with Crippen LogP contribution in [-0.4, -0.2) is 5.43 Å². The minimum atomic E-state index is -1.89. The molecule has 0 saturated carbocycles. The van der Waals surface area contributed by atoms with Gasteiger partial charge < -0.3 is 24.8 Å². The molecule has 0 saturated heterocycles. The predicted octanol–water partition coefficient (Wildman–Crippen LogP) is -0.0814. The zero-order chi connectivity index (χ0) is 18.5. The monoisotopic (exact) mass is 512 g/mol. The van der Waals surface area contributed by atoms with Crippen LogP contribution in [0.5, 0.6) is 0 Å². The van der Waals surface area contributed by atoms with Gasteiger partial charge in [-0.1, -0.05) is 0 Å². The van der Waals surface area contributed by atoms with Gasteiger partial charge in [-0.3, -0.25) is 0 Å². The molecule has 0 aromatic heterocycles. The number of allylic oxidation sites excluding steroid dienone is 1. The van der Waals surface area contributed by atoms with Gasteiger partial charge in [0.05, 0.1) is 0 Å². The topological polar surface area (TPSA) is 0 Å². The van der Waals surface area contributed by atoms with Crippen LogP contribution in [0.4, 0.5) is 0 Å². The third kappa shape index (κ3) is 3.79. The molecule has 0 N–H and O–H groups in total. The second-order valence-electron chi connectivity index (χ2n) is 8.03. The van der Waals surface area contributed by atoms with Crippen LogP contribution in [-0.2, 0) is 26.8 Å². The molecule has 2 aliphatic carbocycles. The molecule has 3 aromatic rings. The molecule has 2 aliphatic rings. The van der Waals surface area contributed by atoms with Crippen molar-refractivity contribution in [3.8, 4) is 11.1 Å². The van der Waals surface area contributed by atoms with E-state index in [2.05, 4.69) is 92.8 Å². The third-order valence-corrected chi connectivity index (χ3v) is 24.3. The van der Waals surface area contributed by atoms with E-state index in [0.29, 0.717) is 0 Å². The Labute approximate surface area is 194 Å². The summed E-state index contributed by atoms with van der Waals surface area (Å²) in [6.07, 6.45) is 3.60. The Hall–Kier alpha value is -0.920. The van der Waals surface area contributed by atoms with Gasteiger partial charge in [0.1, 0.15) is 0 Å². The van der Waals surface area contributed by atoms with Crippen molar-refractivity contribution in [2.75, 3.05) is 0 Å². The Bertz CT molecular complexity index is 1140. The van der Waals surface area contributed by atoms with E-state index >= 15 is 0 Å². The Kier molecular flexibility index (Phi) is 7.11.